The van der Waals surface area contributed by atoms with E-state index in [9.17, 15) is 9.59 Å². The van der Waals surface area contributed by atoms with Gasteiger partial charge < -0.3 is 15.5 Å². The van der Waals surface area contributed by atoms with Gasteiger partial charge in [-0.15, -0.1) is 0 Å². The Labute approximate surface area is 139 Å². The van der Waals surface area contributed by atoms with E-state index in [1.807, 2.05) is 64.0 Å². The van der Waals surface area contributed by atoms with Crippen molar-refractivity contribution < 1.29 is 9.59 Å². The number of hydrogen-bond acceptors (Lipinski definition) is 3. The maximum absolute atomic E-state index is 11.9. The highest BCUT2D eigenvalue weighted by atomic mass is 16.2. The number of rotatable bonds is 7. The number of nitrogens with zero attached hydrogens (tertiary/aromatic N) is 1. The van der Waals surface area contributed by atoms with Crippen molar-refractivity contribution in [3.63, 3.8) is 0 Å². The van der Waals surface area contributed by atoms with E-state index in [1.54, 1.807) is 0 Å². The van der Waals surface area contributed by atoms with Crippen LogP contribution in [-0.4, -0.2) is 32.5 Å². The Morgan fingerprint density at radius 1 is 1.04 bits per heavy atom. The van der Waals surface area contributed by atoms with E-state index in [4.69, 9.17) is 0 Å². The Hall–Kier alpha value is -2.04. The Morgan fingerprint density at radius 3 is 2.17 bits per heavy atom. The predicted octanol–water partition coefficient (Wildman–Crippen LogP) is 3.02. The molecule has 0 aliphatic rings. The largest absolute Gasteiger partial charge is 0.378 e. The van der Waals surface area contributed by atoms with Crippen molar-refractivity contribution >= 4 is 23.2 Å². The van der Waals surface area contributed by atoms with E-state index in [-0.39, 0.29) is 17.2 Å². The number of amides is 2. The minimum absolute atomic E-state index is 0.00440. The molecule has 2 N–H and O–H groups in total. The highest BCUT2D eigenvalue weighted by Gasteiger charge is 2.20. The van der Waals surface area contributed by atoms with E-state index in [0.29, 0.717) is 13.0 Å². The maximum atomic E-state index is 11.9. The predicted molar refractivity (Wildman–Crippen MR) is 95.7 cm³/mol. The molecule has 0 unspecified atom stereocenters. The molecule has 5 nitrogen and oxygen atoms in total. The molecule has 1 aromatic carbocycles. The molecule has 0 spiro atoms. The Balaban J connectivity index is 2.23. The average molecular weight is 319 g/mol. The standard InChI is InChI=1S/C18H29N3O2/c1-18(2,3)17(23)19-13-7-6-8-16(22)20-14-9-11-15(12-10-14)21(4)5/h9-12H,6-8,13H2,1-5H3,(H,19,23)(H,20,22). The van der Waals surface area contributed by atoms with Gasteiger partial charge in [0.1, 0.15) is 0 Å². The van der Waals surface area contributed by atoms with Gasteiger partial charge in [0.05, 0.1) is 0 Å². The molecule has 0 saturated heterocycles. The molecule has 23 heavy (non-hydrogen) atoms. The third-order valence-electron chi connectivity index (χ3n) is 3.46. The summed E-state index contributed by atoms with van der Waals surface area (Å²) in [6.07, 6.45) is 2.02. The van der Waals surface area contributed by atoms with Crippen molar-refractivity contribution in [2.24, 2.45) is 5.41 Å². The van der Waals surface area contributed by atoms with E-state index < -0.39 is 0 Å². The zero-order chi connectivity index (χ0) is 17.5. The highest BCUT2D eigenvalue weighted by molar-refractivity contribution is 5.90. The van der Waals surface area contributed by atoms with E-state index in [2.05, 4.69) is 10.6 Å². The lowest BCUT2D eigenvalue weighted by Gasteiger charge is -2.17. The average Bonchev–Trinajstić information content (AvgIpc) is 2.46. The van der Waals surface area contributed by atoms with Gasteiger partial charge in [-0.25, -0.2) is 0 Å². The molecule has 0 radical (unpaired) electrons. The van der Waals surface area contributed by atoms with Crippen LogP contribution in [0.3, 0.4) is 0 Å². The minimum Gasteiger partial charge on any atom is -0.378 e. The molecular weight excluding hydrogens is 290 g/mol. The van der Waals surface area contributed by atoms with Crippen molar-refractivity contribution in [1.82, 2.24) is 5.32 Å². The number of benzene rings is 1. The highest BCUT2D eigenvalue weighted by Crippen LogP contribution is 2.16. The Bertz CT molecular complexity index is 516. The van der Waals surface area contributed by atoms with Gasteiger partial charge in [-0.2, -0.15) is 0 Å². The van der Waals surface area contributed by atoms with Gasteiger partial charge in [0.15, 0.2) is 0 Å². The maximum Gasteiger partial charge on any atom is 0.225 e. The summed E-state index contributed by atoms with van der Waals surface area (Å²) >= 11 is 0. The van der Waals surface area contributed by atoms with Gasteiger partial charge in [-0.05, 0) is 37.1 Å². The lowest BCUT2D eigenvalue weighted by Crippen LogP contribution is -2.35. The van der Waals surface area contributed by atoms with Crippen LogP contribution in [0, 0.1) is 5.41 Å². The molecule has 2 amide bonds. The zero-order valence-corrected chi connectivity index (χ0v) is 14.9. The summed E-state index contributed by atoms with van der Waals surface area (Å²) in [5.41, 5.74) is 1.54. The first-order valence-corrected chi connectivity index (χ1v) is 8.05. The second-order valence-electron chi connectivity index (χ2n) is 6.95. The first kappa shape index (κ1) is 19.0. The van der Waals surface area contributed by atoms with Crippen molar-refractivity contribution in [3.05, 3.63) is 24.3 Å². The fourth-order valence-corrected chi connectivity index (χ4v) is 1.94. The topological polar surface area (TPSA) is 61.4 Å². The summed E-state index contributed by atoms with van der Waals surface area (Å²) in [6, 6.07) is 7.74. The lowest BCUT2D eigenvalue weighted by atomic mass is 9.96. The van der Waals surface area contributed by atoms with Gasteiger partial charge in [0.2, 0.25) is 11.8 Å². The van der Waals surface area contributed by atoms with Crippen LogP contribution in [0.2, 0.25) is 0 Å². The van der Waals surface area contributed by atoms with Gasteiger partial charge in [-0.1, -0.05) is 20.8 Å². The summed E-state index contributed by atoms with van der Waals surface area (Å²) < 4.78 is 0. The summed E-state index contributed by atoms with van der Waals surface area (Å²) in [4.78, 5) is 25.6. The lowest BCUT2D eigenvalue weighted by molar-refractivity contribution is -0.128. The second kappa shape index (κ2) is 8.56. The van der Waals surface area contributed by atoms with Crippen LogP contribution in [0.15, 0.2) is 24.3 Å². The molecule has 0 aromatic heterocycles. The van der Waals surface area contributed by atoms with Crippen LogP contribution in [0.1, 0.15) is 40.0 Å². The molecule has 1 rings (SSSR count). The number of carbonyl (C=O) groups is 2. The van der Waals surface area contributed by atoms with Crippen molar-refractivity contribution in [2.75, 3.05) is 30.9 Å². The molecule has 5 heteroatoms. The number of unbranched alkanes of at least 4 members (excludes halogenated alkanes) is 1. The zero-order valence-electron chi connectivity index (χ0n) is 14.9. The SMILES string of the molecule is CN(C)c1ccc(NC(=O)CCCCNC(=O)C(C)(C)C)cc1. The van der Waals surface area contributed by atoms with Crippen LogP contribution >= 0.6 is 0 Å². The molecular formula is C18H29N3O2. The van der Waals surface area contributed by atoms with Gasteiger partial charge in [-0.3, -0.25) is 9.59 Å². The molecule has 0 atom stereocenters. The number of carbonyl (C=O) groups excluding carboxylic acids is 2. The van der Waals surface area contributed by atoms with Crippen LogP contribution in [0.5, 0.6) is 0 Å². The summed E-state index contributed by atoms with van der Waals surface area (Å²) in [6.45, 7) is 6.27. The smallest absolute Gasteiger partial charge is 0.225 e. The van der Waals surface area contributed by atoms with E-state index >= 15 is 0 Å². The van der Waals surface area contributed by atoms with Crippen molar-refractivity contribution in [1.29, 1.82) is 0 Å². The second-order valence-corrected chi connectivity index (χ2v) is 6.95. The quantitative estimate of drug-likeness (QED) is 0.759. The first-order valence-electron chi connectivity index (χ1n) is 8.05. The van der Waals surface area contributed by atoms with Crippen molar-refractivity contribution in [3.8, 4) is 0 Å². The van der Waals surface area contributed by atoms with E-state index in [1.165, 1.54) is 0 Å². The monoisotopic (exact) mass is 319 g/mol. The third-order valence-corrected chi connectivity index (χ3v) is 3.46. The molecule has 0 heterocycles. The fraction of sp³-hybridized carbons (Fsp3) is 0.556. The molecule has 0 aliphatic heterocycles. The van der Waals surface area contributed by atoms with Crippen LogP contribution in [0.4, 0.5) is 11.4 Å². The normalized spacial score (nSPS) is 11.0. The van der Waals surface area contributed by atoms with Gasteiger partial charge >= 0.3 is 0 Å². The van der Waals surface area contributed by atoms with Gasteiger partial charge in [0, 0.05) is 43.9 Å². The van der Waals surface area contributed by atoms with Crippen LogP contribution in [-0.2, 0) is 9.59 Å². The molecule has 128 valence electrons. The number of nitrogens with one attached hydrogen (secondary N) is 2. The fourth-order valence-electron chi connectivity index (χ4n) is 1.94. The Kier molecular flexibility index (Phi) is 7.07. The molecule has 0 aliphatic carbocycles. The van der Waals surface area contributed by atoms with E-state index in [0.717, 1.165) is 24.2 Å². The van der Waals surface area contributed by atoms with Crippen LogP contribution in [0.25, 0.3) is 0 Å². The van der Waals surface area contributed by atoms with Crippen molar-refractivity contribution in [2.45, 2.75) is 40.0 Å². The summed E-state index contributed by atoms with van der Waals surface area (Å²) in [5, 5.41) is 5.77. The minimum atomic E-state index is -0.365. The summed E-state index contributed by atoms with van der Waals surface area (Å²) in [7, 11) is 3.96. The van der Waals surface area contributed by atoms with Crippen LogP contribution < -0.4 is 15.5 Å². The third kappa shape index (κ3) is 7.17. The molecule has 0 fully saturated rings. The first-order chi connectivity index (χ1) is 10.7. The number of anilines is 2. The van der Waals surface area contributed by atoms with Gasteiger partial charge in [0.25, 0.3) is 0 Å². The number of hydrogen-bond donors (Lipinski definition) is 2. The molecule has 0 bridgehead atoms. The summed E-state index contributed by atoms with van der Waals surface area (Å²) in [5.74, 6) is 0.0488. The molecule has 0 saturated carbocycles. The Morgan fingerprint density at radius 2 is 1.65 bits per heavy atom. The molecule has 1 aromatic rings.